The highest BCUT2D eigenvalue weighted by Gasteiger charge is 2.23. The highest BCUT2D eigenvalue weighted by Crippen LogP contribution is 2.21. The number of para-hydroxylation sites is 1. The minimum Gasteiger partial charge on any atom is -0.496 e. The fourth-order valence-electron chi connectivity index (χ4n) is 2.13. The van der Waals surface area contributed by atoms with E-state index in [2.05, 4.69) is 0 Å². The quantitative estimate of drug-likeness (QED) is 0.704. The van der Waals surface area contributed by atoms with Crippen molar-refractivity contribution in [1.29, 1.82) is 0 Å². The van der Waals surface area contributed by atoms with Crippen molar-refractivity contribution in [2.45, 2.75) is 32.2 Å². The van der Waals surface area contributed by atoms with Gasteiger partial charge >= 0.3 is 0 Å². The molecule has 0 amide bonds. The van der Waals surface area contributed by atoms with Crippen molar-refractivity contribution >= 4 is 10.0 Å². The van der Waals surface area contributed by atoms with Crippen LogP contribution in [0.4, 0.5) is 0 Å². The summed E-state index contributed by atoms with van der Waals surface area (Å²) in [5.74, 6) is 0.843. The summed E-state index contributed by atoms with van der Waals surface area (Å²) in [6.45, 7) is 1.91. The number of hydrogen-bond acceptors (Lipinski definition) is 4. The van der Waals surface area contributed by atoms with Crippen LogP contribution in [0.1, 0.15) is 25.3 Å². The molecule has 0 heterocycles. The maximum atomic E-state index is 12.2. The van der Waals surface area contributed by atoms with Crippen LogP contribution in [0.5, 0.6) is 5.75 Å². The number of nitrogens with zero attached hydrogens (tertiary/aromatic N) is 1. The molecule has 0 fully saturated rings. The van der Waals surface area contributed by atoms with Gasteiger partial charge in [0.2, 0.25) is 10.0 Å². The van der Waals surface area contributed by atoms with E-state index < -0.39 is 10.0 Å². The van der Waals surface area contributed by atoms with Crippen LogP contribution in [0.15, 0.2) is 24.3 Å². The molecule has 0 bridgehead atoms. The van der Waals surface area contributed by atoms with E-state index in [4.69, 9.17) is 9.84 Å². The molecule has 0 radical (unpaired) electrons. The van der Waals surface area contributed by atoms with E-state index in [1.807, 2.05) is 31.2 Å². The summed E-state index contributed by atoms with van der Waals surface area (Å²) in [6, 6.07) is 7.47. The van der Waals surface area contributed by atoms with Gasteiger partial charge in [0.15, 0.2) is 0 Å². The Morgan fingerprint density at radius 1 is 1.29 bits per heavy atom. The van der Waals surface area contributed by atoms with Crippen LogP contribution in [0.25, 0.3) is 0 Å². The van der Waals surface area contributed by atoms with Crippen molar-refractivity contribution in [3.05, 3.63) is 29.8 Å². The molecule has 1 rings (SSSR count). The summed E-state index contributed by atoms with van der Waals surface area (Å²) < 4.78 is 31.1. The van der Waals surface area contributed by atoms with E-state index in [0.717, 1.165) is 11.3 Å². The van der Waals surface area contributed by atoms with E-state index in [1.165, 1.54) is 4.31 Å². The second kappa shape index (κ2) is 8.36. The van der Waals surface area contributed by atoms with E-state index in [-0.39, 0.29) is 18.4 Å². The number of methoxy groups -OCH3 is 1. The van der Waals surface area contributed by atoms with Crippen LogP contribution in [-0.2, 0) is 16.4 Å². The number of ether oxygens (including phenoxy) is 1. The minimum absolute atomic E-state index is 0.0238. The lowest BCUT2D eigenvalue weighted by Crippen LogP contribution is -2.38. The molecule has 21 heavy (non-hydrogen) atoms. The van der Waals surface area contributed by atoms with Crippen LogP contribution in [0.2, 0.25) is 0 Å². The number of sulfonamides is 1. The molecule has 0 aliphatic rings. The van der Waals surface area contributed by atoms with Gasteiger partial charge in [-0.15, -0.1) is 0 Å². The summed E-state index contributed by atoms with van der Waals surface area (Å²) in [4.78, 5) is 0. The average molecular weight is 315 g/mol. The highest BCUT2D eigenvalue weighted by molar-refractivity contribution is 7.89. The van der Waals surface area contributed by atoms with Gasteiger partial charge in [-0.05, 0) is 37.8 Å². The normalized spacial score (nSPS) is 13.4. The topological polar surface area (TPSA) is 66.8 Å². The molecular weight excluding hydrogens is 290 g/mol. The predicted molar refractivity (Wildman–Crippen MR) is 84.0 cm³/mol. The first-order valence-electron chi connectivity index (χ1n) is 7.11. The summed E-state index contributed by atoms with van der Waals surface area (Å²) in [5.41, 5.74) is 0.991. The molecule has 1 aromatic carbocycles. The van der Waals surface area contributed by atoms with Gasteiger partial charge in [0.1, 0.15) is 5.75 Å². The Labute approximate surface area is 127 Å². The van der Waals surface area contributed by atoms with Crippen LogP contribution in [-0.4, -0.2) is 50.4 Å². The zero-order valence-electron chi connectivity index (χ0n) is 12.9. The van der Waals surface area contributed by atoms with Crippen molar-refractivity contribution in [3.8, 4) is 5.75 Å². The van der Waals surface area contributed by atoms with E-state index in [1.54, 1.807) is 14.2 Å². The largest absolute Gasteiger partial charge is 0.496 e. The Morgan fingerprint density at radius 3 is 2.57 bits per heavy atom. The molecule has 1 atom stereocenters. The number of aliphatic hydroxyl groups is 1. The monoisotopic (exact) mass is 315 g/mol. The number of hydrogen-bond donors (Lipinski definition) is 1. The Hall–Kier alpha value is -1.11. The molecule has 5 nitrogen and oxygen atoms in total. The molecule has 0 aliphatic heterocycles. The van der Waals surface area contributed by atoms with Crippen LogP contribution in [0, 0.1) is 0 Å². The molecule has 1 aromatic rings. The van der Waals surface area contributed by atoms with Crippen molar-refractivity contribution in [2.75, 3.05) is 26.5 Å². The number of likely N-dealkylation sites (N-methyl/N-ethyl adjacent to an activating group) is 1. The lowest BCUT2D eigenvalue weighted by molar-refractivity contribution is 0.286. The fraction of sp³-hybridized carbons (Fsp3) is 0.600. The number of rotatable bonds is 9. The Kier molecular flexibility index (Phi) is 7.14. The Morgan fingerprint density at radius 2 is 1.95 bits per heavy atom. The second-order valence-corrected chi connectivity index (χ2v) is 7.28. The third kappa shape index (κ3) is 5.30. The summed E-state index contributed by atoms with van der Waals surface area (Å²) in [5, 5.41) is 8.74. The molecular formula is C15H25NO4S. The fourth-order valence-corrected chi connectivity index (χ4v) is 3.61. The van der Waals surface area contributed by atoms with Crippen LogP contribution in [0.3, 0.4) is 0 Å². The first-order chi connectivity index (χ1) is 9.92. The number of unbranched alkanes of at least 4 members (excludes halogenated alkanes) is 1. The Balaban J connectivity index is 2.71. The molecule has 1 N–H and O–H groups in total. The van der Waals surface area contributed by atoms with Crippen molar-refractivity contribution < 1.29 is 18.3 Å². The first kappa shape index (κ1) is 17.9. The molecule has 0 spiro atoms. The highest BCUT2D eigenvalue weighted by atomic mass is 32.2. The second-order valence-electron chi connectivity index (χ2n) is 5.13. The van der Waals surface area contributed by atoms with Gasteiger partial charge < -0.3 is 9.84 Å². The maximum absolute atomic E-state index is 12.2. The lowest BCUT2D eigenvalue weighted by Gasteiger charge is -2.25. The van der Waals surface area contributed by atoms with Crippen LogP contribution >= 0.6 is 0 Å². The maximum Gasteiger partial charge on any atom is 0.214 e. The molecule has 0 saturated carbocycles. The van der Waals surface area contributed by atoms with Crippen molar-refractivity contribution in [1.82, 2.24) is 4.31 Å². The summed E-state index contributed by atoms with van der Waals surface area (Å²) in [6.07, 6.45) is 1.58. The van der Waals surface area contributed by atoms with Crippen molar-refractivity contribution in [3.63, 3.8) is 0 Å². The SMILES string of the molecule is COc1ccccc1CC(C)N(C)S(=O)(=O)CCCCO. The predicted octanol–water partition coefficient (Wildman–Crippen LogP) is 1.66. The average Bonchev–Trinajstić information content (AvgIpc) is 2.47. The standard InChI is InChI=1S/C15H25NO4S/c1-13(12-14-8-4-5-9-15(14)20-3)16(2)21(18,19)11-7-6-10-17/h4-5,8-9,13,17H,6-7,10-12H2,1-3H3. The zero-order chi connectivity index (χ0) is 15.9. The molecule has 0 saturated heterocycles. The van der Waals surface area contributed by atoms with E-state index >= 15 is 0 Å². The van der Waals surface area contributed by atoms with Crippen LogP contribution < -0.4 is 4.74 Å². The van der Waals surface area contributed by atoms with Gasteiger partial charge in [0.05, 0.1) is 12.9 Å². The van der Waals surface area contributed by atoms with Gasteiger partial charge in [0.25, 0.3) is 0 Å². The minimum atomic E-state index is -3.29. The first-order valence-corrected chi connectivity index (χ1v) is 8.71. The zero-order valence-corrected chi connectivity index (χ0v) is 13.8. The van der Waals surface area contributed by atoms with E-state index in [0.29, 0.717) is 19.3 Å². The lowest BCUT2D eigenvalue weighted by atomic mass is 10.1. The number of benzene rings is 1. The van der Waals surface area contributed by atoms with Gasteiger partial charge in [-0.2, -0.15) is 0 Å². The third-order valence-corrected chi connectivity index (χ3v) is 5.62. The third-order valence-electron chi connectivity index (χ3n) is 3.58. The van der Waals surface area contributed by atoms with Gasteiger partial charge in [-0.1, -0.05) is 18.2 Å². The molecule has 0 aromatic heterocycles. The molecule has 0 aliphatic carbocycles. The molecule has 6 heteroatoms. The van der Waals surface area contributed by atoms with Gasteiger partial charge in [0, 0.05) is 19.7 Å². The van der Waals surface area contributed by atoms with Gasteiger partial charge in [-0.3, -0.25) is 0 Å². The van der Waals surface area contributed by atoms with E-state index in [9.17, 15) is 8.42 Å². The summed E-state index contributed by atoms with van der Waals surface area (Å²) in [7, 11) is -0.0745. The summed E-state index contributed by atoms with van der Waals surface area (Å²) >= 11 is 0. The molecule has 120 valence electrons. The van der Waals surface area contributed by atoms with Gasteiger partial charge in [-0.25, -0.2) is 12.7 Å². The smallest absolute Gasteiger partial charge is 0.214 e. The number of aliphatic hydroxyl groups excluding tert-OH is 1. The van der Waals surface area contributed by atoms with Crippen molar-refractivity contribution in [2.24, 2.45) is 0 Å². The Bertz CT molecular complexity index is 530. The molecule has 1 unspecified atom stereocenters.